The fourth-order valence-electron chi connectivity index (χ4n) is 2.78. The van der Waals surface area contributed by atoms with E-state index in [1.165, 1.54) is 18.1 Å². The number of benzene rings is 1. The van der Waals surface area contributed by atoms with Gasteiger partial charge in [0.15, 0.2) is 0 Å². The molecule has 0 saturated carbocycles. The maximum Gasteiger partial charge on any atom is 0.353 e. The zero-order chi connectivity index (χ0) is 15.0. The molecule has 1 aromatic carbocycles. The van der Waals surface area contributed by atoms with E-state index >= 15 is 0 Å². The number of carboxylic acids is 1. The molecule has 0 amide bonds. The number of aryl methyl sites for hydroxylation is 1. The van der Waals surface area contributed by atoms with Crippen LogP contribution < -0.4 is 0 Å². The third kappa shape index (κ3) is 2.55. The standard InChI is InChI=1S/C15H15BrN2O3/c16-13-9-5-3-1-2-4-8(9)6-10(14(13)19)11-7-12(15(20)21)18-17-11/h6-7,19H,1-5H2,(H,17,18)(H,20,21). The quantitative estimate of drug-likeness (QED) is 0.723. The molecule has 1 aromatic heterocycles. The number of rotatable bonds is 2. The van der Waals surface area contributed by atoms with Crippen molar-refractivity contribution in [2.75, 3.05) is 0 Å². The highest BCUT2D eigenvalue weighted by atomic mass is 79.9. The second-order valence-electron chi connectivity index (χ2n) is 5.26. The number of phenols is 1. The van der Waals surface area contributed by atoms with E-state index in [0.29, 0.717) is 15.7 Å². The normalized spacial score (nSPS) is 14.5. The van der Waals surface area contributed by atoms with Crippen molar-refractivity contribution in [3.05, 3.63) is 33.4 Å². The molecule has 0 aliphatic heterocycles. The molecule has 1 aliphatic carbocycles. The van der Waals surface area contributed by atoms with Crippen LogP contribution in [0.15, 0.2) is 16.6 Å². The van der Waals surface area contributed by atoms with Crippen LogP contribution in [0.1, 0.15) is 40.9 Å². The molecule has 3 rings (SSSR count). The molecule has 0 radical (unpaired) electrons. The molecule has 5 nitrogen and oxygen atoms in total. The first-order valence-corrected chi connectivity index (χ1v) is 7.69. The number of hydrogen-bond acceptors (Lipinski definition) is 3. The van der Waals surface area contributed by atoms with Crippen molar-refractivity contribution in [3.8, 4) is 17.0 Å². The zero-order valence-corrected chi connectivity index (χ0v) is 12.9. The fraction of sp³-hybridized carbons (Fsp3) is 0.333. The molecular formula is C15H15BrN2O3. The summed E-state index contributed by atoms with van der Waals surface area (Å²) in [7, 11) is 0. The van der Waals surface area contributed by atoms with E-state index < -0.39 is 5.97 Å². The van der Waals surface area contributed by atoms with Crippen LogP contribution in [0.5, 0.6) is 5.75 Å². The van der Waals surface area contributed by atoms with Gasteiger partial charge in [0.25, 0.3) is 0 Å². The van der Waals surface area contributed by atoms with Crippen LogP contribution in [0, 0.1) is 0 Å². The average Bonchev–Trinajstić information content (AvgIpc) is 2.83. The van der Waals surface area contributed by atoms with Crippen molar-refractivity contribution in [1.82, 2.24) is 10.2 Å². The third-order valence-corrected chi connectivity index (χ3v) is 4.75. The van der Waals surface area contributed by atoms with Crippen LogP contribution in [0.2, 0.25) is 0 Å². The first-order chi connectivity index (χ1) is 10.1. The summed E-state index contributed by atoms with van der Waals surface area (Å²) in [4.78, 5) is 10.9. The Morgan fingerprint density at radius 1 is 1.24 bits per heavy atom. The second-order valence-corrected chi connectivity index (χ2v) is 6.05. The summed E-state index contributed by atoms with van der Waals surface area (Å²) >= 11 is 3.48. The van der Waals surface area contributed by atoms with Crippen molar-refractivity contribution in [2.45, 2.75) is 32.1 Å². The van der Waals surface area contributed by atoms with Gasteiger partial charge < -0.3 is 10.2 Å². The van der Waals surface area contributed by atoms with Crippen molar-refractivity contribution >= 4 is 21.9 Å². The van der Waals surface area contributed by atoms with Gasteiger partial charge in [-0.2, -0.15) is 5.10 Å². The van der Waals surface area contributed by atoms with Crippen molar-refractivity contribution < 1.29 is 15.0 Å². The van der Waals surface area contributed by atoms with Crippen molar-refractivity contribution in [1.29, 1.82) is 0 Å². The Bertz CT molecular complexity index is 709. The molecule has 0 spiro atoms. The average molecular weight is 351 g/mol. The number of carboxylic acid groups (broad SMARTS) is 1. The van der Waals surface area contributed by atoms with E-state index in [0.717, 1.165) is 31.2 Å². The lowest BCUT2D eigenvalue weighted by atomic mass is 9.97. The Balaban J connectivity index is 2.12. The number of halogens is 1. The van der Waals surface area contributed by atoms with Gasteiger partial charge in [-0.1, -0.05) is 6.42 Å². The number of phenolic OH excluding ortho intramolecular Hbond substituents is 1. The van der Waals surface area contributed by atoms with Gasteiger partial charge >= 0.3 is 5.97 Å². The van der Waals surface area contributed by atoms with E-state index in [-0.39, 0.29) is 11.4 Å². The Hall–Kier alpha value is -1.82. The lowest BCUT2D eigenvalue weighted by molar-refractivity contribution is 0.0690. The molecule has 0 unspecified atom stereocenters. The Morgan fingerprint density at radius 2 is 2.00 bits per heavy atom. The third-order valence-electron chi connectivity index (χ3n) is 3.89. The molecule has 1 aliphatic rings. The largest absolute Gasteiger partial charge is 0.506 e. The smallest absolute Gasteiger partial charge is 0.353 e. The first-order valence-electron chi connectivity index (χ1n) is 6.90. The number of aromatic amines is 1. The highest BCUT2D eigenvalue weighted by molar-refractivity contribution is 9.10. The minimum Gasteiger partial charge on any atom is -0.506 e. The van der Waals surface area contributed by atoms with E-state index in [1.54, 1.807) is 0 Å². The maximum atomic E-state index is 10.9. The predicted octanol–water partition coefficient (Wildman–Crippen LogP) is 3.51. The number of aromatic nitrogens is 2. The summed E-state index contributed by atoms with van der Waals surface area (Å²) in [5.41, 5.74) is 3.37. The number of nitrogens with one attached hydrogen (secondary N) is 1. The van der Waals surface area contributed by atoms with Gasteiger partial charge in [0.05, 0.1) is 10.2 Å². The summed E-state index contributed by atoms with van der Waals surface area (Å²) in [6.07, 6.45) is 5.35. The summed E-state index contributed by atoms with van der Waals surface area (Å²) in [5, 5.41) is 25.8. The van der Waals surface area contributed by atoms with Gasteiger partial charge in [0.1, 0.15) is 11.4 Å². The maximum absolute atomic E-state index is 10.9. The molecule has 21 heavy (non-hydrogen) atoms. The lowest BCUT2D eigenvalue weighted by Gasteiger charge is -2.13. The topological polar surface area (TPSA) is 86.2 Å². The van der Waals surface area contributed by atoms with Crippen molar-refractivity contribution in [2.24, 2.45) is 0 Å². The number of carbonyl (C=O) groups is 1. The van der Waals surface area contributed by atoms with Crippen molar-refractivity contribution in [3.63, 3.8) is 0 Å². The molecular weight excluding hydrogens is 336 g/mol. The van der Waals surface area contributed by atoms with Gasteiger partial charge in [0, 0.05) is 5.56 Å². The molecule has 0 fully saturated rings. The monoisotopic (exact) mass is 350 g/mol. The van der Waals surface area contributed by atoms with Crippen LogP contribution in [-0.2, 0) is 12.8 Å². The highest BCUT2D eigenvalue weighted by Crippen LogP contribution is 2.41. The molecule has 0 saturated heterocycles. The number of aromatic carboxylic acids is 1. The van der Waals surface area contributed by atoms with Gasteiger partial charge in [-0.25, -0.2) is 4.79 Å². The van der Waals surface area contributed by atoms with Crippen LogP contribution in [-0.4, -0.2) is 26.4 Å². The van der Waals surface area contributed by atoms with Crippen LogP contribution in [0.25, 0.3) is 11.3 Å². The molecule has 2 aromatic rings. The minimum absolute atomic E-state index is 0.00969. The molecule has 3 N–H and O–H groups in total. The van der Waals surface area contributed by atoms with Crippen LogP contribution >= 0.6 is 15.9 Å². The summed E-state index contributed by atoms with van der Waals surface area (Å²) in [6.45, 7) is 0. The Morgan fingerprint density at radius 3 is 2.71 bits per heavy atom. The van der Waals surface area contributed by atoms with E-state index in [1.807, 2.05) is 6.07 Å². The summed E-state index contributed by atoms with van der Waals surface area (Å²) in [6, 6.07) is 3.37. The number of nitrogens with zero attached hydrogens (tertiary/aromatic N) is 1. The van der Waals surface area contributed by atoms with Crippen LogP contribution in [0.3, 0.4) is 0 Å². The fourth-order valence-corrected chi connectivity index (χ4v) is 3.45. The molecule has 0 bridgehead atoms. The number of H-pyrrole nitrogens is 1. The van der Waals surface area contributed by atoms with E-state index in [9.17, 15) is 9.90 Å². The highest BCUT2D eigenvalue weighted by Gasteiger charge is 2.20. The predicted molar refractivity (Wildman–Crippen MR) is 81.6 cm³/mol. The minimum atomic E-state index is -1.07. The molecule has 110 valence electrons. The molecule has 0 atom stereocenters. The van der Waals surface area contributed by atoms with Gasteiger partial charge in [-0.05, 0) is 64.9 Å². The Kier molecular flexibility index (Phi) is 3.71. The SMILES string of the molecule is O=C(O)c1cc(-c2cc3c(c(Br)c2O)CCCCC3)n[nH]1. The number of hydrogen-bond donors (Lipinski definition) is 3. The van der Waals surface area contributed by atoms with Crippen LogP contribution in [0.4, 0.5) is 0 Å². The number of aromatic hydroxyl groups is 1. The Labute approximate surface area is 130 Å². The lowest BCUT2D eigenvalue weighted by Crippen LogP contribution is -1.95. The van der Waals surface area contributed by atoms with E-state index in [4.69, 9.17) is 5.11 Å². The zero-order valence-electron chi connectivity index (χ0n) is 11.3. The molecule has 6 heteroatoms. The van der Waals surface area contributed by atoms with Gasteiger partial charge in [0.2, 0.25) is 0 Å². The summed E-state index contributed by atoms with van der Waals surface area (Å²) < 4.78 is 0.705. The number of fused-ring (bicyclic) bond motifs is 1. The van der Waals surface area contributed by atoms with Gasteiger partial charge in [-0.15, -0.1) is 0 Å². The summed E-state index contributed by atoms with van der Waals surface area (Å²) in [5.74, 6) is -0.943. The molecule has 1 heterocycles. The second kappa shape index (κ2) is 5.52. The van der Waals surface area contributed by atoms with Gasteiger partial charge in [-0.3, -0.25) is 5.10 Å². The van der Waals surface area contributed by atoms with E-state index in [2.05, 4.69) is 26.1 Å². The first kappa shape index (κ1) is 14.1.